The summed E-state index contributed by atoms with van der Waals surface area (Å²) in [7, 11) is 0. The Kier molecular flexibility index (Phi) is 4.01. The second-order valence-corrected chi connectivity index (χ2v) is 5.03. The van der Waals surface area contributed by atoms with E-state index in [1.807, 2.05) is 0 Å². The summed E-state index contributed by atoms with van der Waals surface area (Å²) < 4.78 is 44.4. The van der Waals surface area contributed by atoms with E-state index >= 15 is 0 Å². The molecule has 0 saturated carbocycles. The van der Waals surface area contributed by atoms with Gasteiger partial charge in [0, 0.05) is 16.9 Å². The molecule has 102 valence electrons. The molecule has 2 rings (SSSR count). The highest BCUT2D eigenvalue weighted by Gasteiger charge is 2.34. The van der Waals surface area contributed by atoms with Gasteiger partial charge in [0.25, 0.3) is 0 Å². The average Bonchev–Trinajstić information content (AvgIpc) is 2.80. The highest BCUT2D eigenvalue weighted by molar-refractivity contribution is 9.10. The molecule has 1 unspecified atom stereocenters. The number of furan rings is 1. The van der Waals surface area contributed by atoms with Crippen LogP contribution in [0.1, 0.15) is 22.9 Å². The average molecular weight is 334 g/mol. The first kappa shape index (κ1) is 14.1. The number of benzene rings is 1. The van der Waals surface area contributed by atoms with Crippen LogP contribution >= 0.6 is 15.9 Å². The Bertz CT molecular complexity index is 552. The predicted octanol–water partition coefficient (Wildman–Crippen LogP) is 4.30. The number of alkyl halides is 3. The maximum absolute atomic E-state index is 13.0. The first-order valence-corrected chi connectivity index (χ1v) is 6.32. The monoisotopic (exact) mass is 333 g/mol. The lowest BCUT2D eigenvalue weighted by molar-refractivity contribution is -0.138. The summed E-state index contributed by atoms with van der Waals surface area (Å²) in [6, 6.07) is 6.57. The molecule has 0 fully saturated rings. The van der Waals surface area contributed by atoms with Crippen molar-refractivity contribution in [2.45, 2.75) is 18.6 Å². The van der Waals surface area contributed by atoms with Gasteiger partial charge in [-0.05, 0) is 29.8 Å². The van der Waals surface area contributed by atoms with Crippen LogP contribution in [-0.4, -0.2) is 0 Å². The van der Waals surface area contributed by atoms with Crippen molar-refractivity contribution in [3.05, 3.63) is 58.0 Å². The zero-order chi connectivity index (χ0) is 14.0. The SMILES string of the molecule is NC(Cc1ccco1)c1ccc(Br)cc1C(F)(F)F. The molecule has 1 aromatic carbocycles. The van der Waals surface area contributed by atoms with Crippen molar-refractivity contribution in [3.8, 4) is 0 Å². The lowest BCUT2D eigenvalue weighted by Gasteiger charge is -2.18. The normalized spacial score (nSPS) is 13.5. The number of hydrogen-bond acceptors (Lipinski definition) is 2. The van der Waals surface area contributed by atoms with Gasteiger partial charge in [-0.25, -0.2) is 0 Å². The summed E-state index contributed by atoms with van der Waals surface area (Å²) in [4.78, 5) is 0. The van der Waals surface area contributed by atoms with Crippen LogP contribution in [0.2, 0.25) is 0 Å². The number of hydrogen-bond donors (Lipinski definition) is 1. The summed E-state index contributed by atoms with van der Waals surface area (Å²) in [5.74, 6) is 0.559. The van der Waals surface area contributed by atoms with E-state index in [-0.39, 0.29) is 12.0 Å². The molecule has 0 aliphatic rings. The molecule has 0 aliphatic carbocycles. The van der Waals surface area contributed by atoms with Crippen molar-refractivity contribution in [3.63, 3.8) is 0 Å². The van der Waals surface area contributed by atoms with Gasteiger partial charge in [0.2, 0.25) is 0 Å². The van der Waals surface area contributed by atoms with Gasteiger partial charge in [0.1, 0.15) is 5.76 Å². The summed E-state index contributed by atoms with van der Waals surface area (Å²) in [5.41, 5.74) is 5.20. The molecule has 0 bridgehead atoms. The summed E-state index contributed by atoms with van der Waals surface area (Å²) >= 11 is 3.04. The molecular formula is C13H11BrF3NO. The van der Waals surface area contributed by atoms with Crippen molar-refractivity contribution in [2.24, 2.45) is 5.73 Å². The summed E-state index contributed by atoms with van der Waals surface area (Å²) in [5, 5.41) is 0. The minimum Gasteiger partial charge on any atom is -0.469 e. The van der Waals surface area contributed by atoms with Gasteiger partial charge in [-0.3, -0.25) is 0 Å². The summed E-state index contributed by atoms with van der Waals surface area (Å²) in [6.45, 7) is 0. The molecule has 1 aromatic heterocycles. The van der Waals surface area contributed by atoms with E-state index in [1.54, 1.807) is 18.2 Å². The number of nitrogens with two attached hydrogens (primary N) is 1. The molecule has 2 nitrogen and oxygen atoms in total. The Balaban J connectivity index is 2.33. The van der Waals surface area contributed by atoms with Crippen molar-refractivity contribution in [1.29, 1.82) is 0 Å². The van der Waals surface area contributed by atoms with Crippen LogP contribution in [0, 0.1) is 0 Å². The molecule has 0 radical (unpaired) electrons. The third kappa shape index (κ3) is 3.39. The minimum atomic E-state index is -4.43. The lowest BCUT2D eigenvalue weighted by atomic mass is 9.97. The van der Waals surface area contributed by atoms with Crippen LogP contribution in [0.4, 0.5) is 13.2 Å². The third-order valence-electron chi connectivity index (χ3n) is 2.72. The maximum atomic E-state index is 13.0. The molecule has 2 aromatic rings. The fourth-order valence-electron chi connectivity index (χ4n) is 1.85. The Morgan fingerprint density at radius 2 is 2.00 bits per heavy atom. The highest BCUT2D eigenvalue weighted by Crippen LogP contribution is 2.36. The largest absolute Gasteiger partial charge is 0.469 e. The summed E-state index contributed by atoms with van der Waals surface area (Å²) in [6.07, 6.45) is -2.74. The smallest absolute Gasteiger partial charge is 0.416 e. The molecular weight excluding hydrogens is 323 g/mol. The third-order valence-corrected chi connectivity index (χ3v) is 3.21. The fraction of sp³-hybridized carbons (Fsp3) is 0.231. The van der Waals surface area contributed by atoms with Gasteiger partial charge in [0.15, 0.2) is 0 Å². The van der Waals surface area contributed by atoms with Crippen LogP contribution in [0.25, 0.3) is 0 Å². The topological polar surface area (TPSA) is 39.2 Å². The molecule has 19 heavy (non-hydrogen) atoms. The number of rotatable bonds is 3. The molecule has 1 heterocycles. The highest BCUT2D eigenvalue weighted by atomic mass is 79.9. The van der Waals surface area contributed by atoms with Crippen molar-refractivity contribution >= 4 is 15.9 Å². The first-order valence-electron chi connectivity index (χ1n) is 5.52. The minimum absolute atomic E-state index is 0.0621. The Morgan fingerprint density at radius 3 is 2.58 bits per heavy atom. The van der Waals surface area contributed by atoms with Crippen LogP contribution in [0.3, 0.4) is 0 Å². The quantitative estimate of drug-likeness (QED) is 0.909. The second-order valence-electron chi connectivity index (χ2n) is 4.12. The lowest BCUT2D eigenvalue weighted by Crippen LogP contribution is -2.19. The van der Waals surface area contributed by atoms with Gasteiger partial charge in [-0.15, -0.1) is 0 Å². The van der Waals surface area contributed by atoms with Crippen LogP contribution in [-0.2, 0) is 12.6 Å². The van der Waals surface area contributed by atoms with Crippen LogP contribution in [0.15, 0.2) is 45.5 Å². The number of halogens is 4. The van der Waals surface area contributed by atoms with Gasteiger partial charge in [0.05, 0.1) is 11.8 Å². The van der Waals surface area contributed by atoms with Gasteiger partial charge in [-0.1, -0.05) is 22.0 Å². The molecule has 0 saturated heterocycles. The van der Waals surface area contributed by atoms with Gasteiger partial charge < -0.3 is 10.2 Å². The van der Waals surface area contributed by atoms with Crippen LogP contribution in [0.5, 0.6) is 0 Å². The van der Waals surface area contributed by atoms with Gasteiger partial charge in [-0.2, -0.15) is 13.2 Å². The molecule has 1 atom stereocenters. The molecule has 0 amide bonds. The van der Waals surface area contributed by atoms with Crippen molar-refractivity contribution < 1.29 is 17.6 Å². The van der Waals surface area contributed by atoms with E-state index in [9.17, 15) is 13.2 Å². The van der Waals surface area contributed by atoms with Crippen LogP contribution < -0.4 is 5.73 Å². The van der Waals surface area contributed by atoms with Crippen molar-refractivity contribution in [1.82, 2.24) is 0 Å². The molecule has 6 heteroatoms. The Hall–Kier alpha value is -1.27. The van der Waals surface area contributed by atoms with E-state index < -0.39 is 17.8 Å². The molecule has 2 N–H and O–H groups in total. The van der Waals surface area contributed by atoms with E-state index in [2.05, 4.69) is 15.9 Å². The van der Waals surface area contributed by atoms with E-state index in [1.165, 1.54) is 12.3 Å². The predicted molar refractivity (Wildman–Crippen MR) is 68.5 cm³/mol. The van der Waals surface area contributed by atoms with E-state index in [0.29, 0.717) is 10.2 Å². The fourth-order valence-corrected chi connectivity index (χ4v) is 2.21. The van der Waals surface area contributed by atoms with Crippen molar-refractivity contribution in [2.75, 3.05) is 0 Å². The van der Waals surface area contributed by atoms with E-state index in [0.717, 1.165) is 6.07 Å². The second kappa shape index (κ2) is 5.38. The molecule has 0 aliphatic heterocycles. The Labute approximate surface area is 116 Å². The Morgan fingerprint density at radius 1 is 1.26 bits per heavy atom. The zero-order valence-electron chi connectivity index (χ0n) is 9.75. The standard InChI is InChI=1S/C13H11BrF3NO/c14-8-3-4-10(11(6-8)13(15,16)17)12(18)7-9-2-1-5-19-9/h1-6,12H,7,18H2. The van der Waals surface area contributed by atoms with Gasteiger partial charge >= 0.3 is 6.18 Å². The van der Waals surface area contributed by atoms with E-state index in [4.69, 9.17) is 10.2 Å². The maximum Gasteiger partial charge on any atom is 0.416 e. The zero-order valence-corrected chi connectivity index (χ0v) is 11.3. The molecule has 0 spiro atoms. The first-order chi connectivity index (χ1) is 8.88.